The van der Waals surface area contributed by atoms with Crippen molar-refractivity contribution in [3.8, 4) is 0 Å². The average molecular weight is 210 g/mol. The zero-order valence-electron chi connectivity index (χ0n) is 9.08. The molecular weight excluding hydrogens is 192 g/mol. The molecule has 0 spiro atoms. The van der Waals surface area contributed by atoms with Crippen molar-refractivity contribution in [2.75, 3.05) is 6.54 Å². The van der Waals surface area contributed by atoms with Crippen molar-refractivity contribution in [3.05, 3.63) is 28.2 Å². The number of nitrogens with one attached hydrogen (secondary N) is 1. The molecule has 3 heteroatoms. The molecule has 14 heavy (non-hydrogen) atoms. The molecule has 1 heterocycles. The van der Waals surface area contributed by atoms with E-state index in [1.165, 1.54) is 10.5 Å². The molecule has 2 nitrogen and oxygen atoms in total. The van der Waals surface area contributed by atoms with E-state index in [4.69, 9.17) is 0 Å². The van der Waals surface area contributed by atoms with Crippen LogP contribution in [0.5, 0.6) is 0 Å². The van der Waals surface area contributed by atoms with Crippen LogP contribution < -0.4 is 5.32 Å². The van der Waals surface area contributed by atoms with Gasteiger partial charge in [-0.15, -0.1) is 11.3 Å². The minimum atomic E-state index is 0.340. The third kappa shape index (κ3) is 3.60. The van der Waals surface area contributed by atoms with E-state index in [2.05, 4.69) is 37.1 Å². The van der Waals surface area contributed by atoms with E-state index in [-0.39, 0.29) is 0 Å². The first kappa shape index (κ1) is 11.4. The maximum Gasteiger partial charge on any atom is 0.0794 e. The van der Waals surface area contributed by atoms with Gasteiger partial charge in [-0.3, -0.25) is 4.98 Å². The number of hydrogen-bond donors (Lipinski definition) is 1. The topological polar surface area (TPSA) is 24.9 Å². The van der Waals surface area contributed by atoms with Crippen molar-refractivity contribution < 1.29 is 0 Å². The first-order valence-corrected chi connectivity index (χ1v) is 5.88. The van der Waals surface area contributed by atoms with Crippen molar-refractivity contribution in [2.24, 2.45) is 0 Å². The van der Waals surface area contributed by atoms with Gasteiger partial charge < -0.3 is 5.32 Å². The van der Waals surface area contributed by atoms with E-state index in [1.807, 2.05) is 11.7 Å². The first-order chi connectivity index (χ1) is 6.74. The fourth-order valence-corrected chi connectivity index (χ4v) is 1.92. The van der Waals surface area contributed by atoms with Crippen molar-refractivity contribution in [3.63, 3.8) is 0 Å². The van der Waals surface area contributed by atoms with Crippen LogP contribution in [-0.2, 0) is 0 Å². The Bertz CT molecular complexity index is 273. The Morgan fingerprint density at radius 1 is 1.64 bits per heavy atom. The highest BCUT2D eigenvalue weighted by Crippen LogP contribution is 2.19. The molecule has 1 aromatic heterocycles. The fourth-order valence-electron chi connectivity index (χ4n) is 1.25. The molecule has 0 bridgehead atoms. The highest BCUT2D eigenvalue weighted by molar-refractivity contribution is 7.09. The predicted octanol–water partition coefficient (Wildman–Crippen LogP) is 3.15. The molecule has 0 aliphatic rings. The lowest BCUT2D eigenvalue weighted by atomic mass is 10.2. The summed E-state index contributed by atoms with van der Waals surface area (Å²) in [5.74, 6) is 0. The largest absolute Gasteiger partial charge is 0.306 e. The van der Waals surface area contributed by atoms with E-state index in [1.54, 1.807) is 11.3 Å². The van der Waals surface area contributed by atoms with E-state index in [9.17, 15) is 0 Å². The molecule has 0 aliphatic heterocycles. The lowest BCUT2D eigenvalue weighted by Crippen LogP contribution is -2.19. The van der Waals surface area contributed by atoms with Gasteiger partial charge in [0.25, 0.3) is 0 Å². The van der Waals surface area contributed by atoms with E-state index < -0.39 is 0 Å². The zero-order valence-corrected chi connectivity index (χ0v) is 9.90. The summed E-state index contributed by atoms with van der Waals surface area (Å²) in [7, 11) is 0. The molecule has 78 valence electrons. The van der Waals surface area contributed by atoms with Gasteiger partial charge in [0.05, 0.1) is 11.6 Å². The Labute approximate surface area is 90.1 Å². The van der Waals surface area contributed by atoms with Crippen LogP contribution in [0.15, 0.2) is 23.4 Å². The Hall–Kier alpha value is -0.670. The van der Waals surface area contributed by atoms with E-state index in [0.29, 0.717) is 6.04 Å². The van der Waals surface area contributed by atoms with Crippen molar-refractivity contribution in [1.29, 1.82) is 0 Å². The summed E-state index contributed by atoms with van der Waals surface area (Å²) in [4.78, 5) is 5.40. The summed E-state index contributed by atoms with van der Waals surface area (Å²) in [5.41, 5.74) is 3.22. The fraction of sp³-hybridized carbons (Fsp3) is 0.545. The normalized spacial score (nSPS) is 12.5. The predicted molar refractivity (Wildman–Crippen MR) is 62.6 cm³/mol. The second-order valence-corrected chi connectivity index (χ2v) is 4.50. The molecule has 0 aromatic carbocycles. The maximum absolute atomic E-state index is 4.11. The van der Waals surface area contributed by atoms with Crippen molar-refractivity contribution in [2.45, 2.75) is 33.2 Å². The van der Waals surface area contributed by atoms with Gasteiger partial charge in [-0.05, 0) is 26.8 Å². The molecule has 0 saturated heterocycles. The third-order valence-electron chi connectivity index (χ3n) is 1.87. The van der Waals surface area contributed by atoms with Gasteiger partial charge in [0, 0.05) is 11.1 Å². The minimum absolute atomic E-state index is 0.340. The smallest absolute Gasteiger partial charge is 0.0794 e. The number of aromatic nitrogens is 1. The number of thiazole rings is 1. The SMILES string of the molecule is CCCNC(C=C(C)C)c1cncs1. The molecule has 1 N–H and O–H groups in total. The second-order valence-electron chi connectivity index (χ2n) is 3.58. The zero-order chi connectivity index (χ0) is 10.4. The number of hydrogen-bond acceptors (Lipinski definition) is 3. The Kier molecular flexibility index (Phi) is 4.84. The maximum atomic E-state index is 4.11. The molecule has 1 aromatic rings. The summed E-state index contributed by atoms with van der Waals surface area (Å²) in [6.07, 6.45) is 5.35. The molecule has 0 aliphatic carbocycles. The van der Waals surface area contributed by atoms with Gasteiger partial charge in [0.2, 0.25) is 0 Å². The highest BCUT2D eigenvalue weighted by Gasteiger charge is 2.08. The van der Waals surface area contributed by atoms with Crippen LogP contribution in [0.2, 0.25) is 0 Å². The van der Waals surface area contributed by atoms with Crippen LogP contribution in [0.1, 0.15) is 38.1 Å². The van der Waals surface area contributed by atoms with Crippen molar-refractivity contribution in [1.82, 2.24) is 10.3 Å². The second kappa shape index (κ2) is 5.94. The van der Waals surface area contributed by atoms with Gasteiger partial charge in [-0.1, -0.05) is 18.6 Å². The van der Waals surface area contributed by atoms with E-state index in [0.717, 1.165) is 13.0 Å². The number of allylic oxidation sites excluding steroid dienone is 1. The first-order valence-electron chi connectivity index (χ1n) is 5.00. The summed E-state index contributed by atoms with van der Waals surface area (Å²) in [5, 5.41) is 3.50. The standard InChI is InChI=1S/C11H18N2S/c1-4-5-13-10(6-9(2)3)11-7-12-8-14-11/h6-8,10,13H,4-5H2,1-3H3. The lowest BCUT2D eigenvalue weighted by Gasteiger charge is -2.12. The molecule has 1 rings (SSSR count). The van der Waals surface area contributed by atoms with Gasteiger partial charge in [-0.25, -0.2) is 0 Å². The third-order valence-corrected chi connectivity index (χ3v) is 2.73. The summed E-state index contributed by atoms with van der Waals surface area (Å²) < 4.78 is 0. The highest BCUT2D eigenvalue weighted by atomic mass is 32.1. The lowest BCUT2D eigenvalue weighted by molar-refractivity contribution is 0.616. The van der Waals surface area contributed by atoms with Gasteiger partial charge >= 0.3 is 0 Å². The van der Waals surface area contributed by atoms with Gasteiger partial charge in [0.1, 0.15) is 0 Å². The number of rotatable bonds is 5. The Morgan fingerprint density at radius 2 is 2.43 bits per heavy atom. The van der Waals surface area contributed by atoms with Crippen LogP contribution in [0.3, 0.4) is 0 Å². The Morgan fingerprint density at radius 3 is 2.93 bits per heavy atom. The molecule has 0 fully saturated rings. The van der Waals surface area contributed by atoms with Gasteiger partial charge in [-0.2, -0.15) is 0 Å². The van der Waals surface area contributed by atoms with Crippen LogP contribution in [0.25, 0.3) is 0 Å². The quantitative estimate of drug-likeness (QED) is 0.755. The van der Waals surface area contributed by atoms with E-state index >= 15 is 0 Å². The van der Waals surface area contributed by atoms with Crippen molar-refractivity contribution >= 4 is 11.3 Å². The van der Waals surface area contributed by atoms with Crippen LogP contribution in [0, 0.1) is 0 Å². The molecule has 1 atom stereocenters. The average Bonchev–Trinajstić information content (AvgIpc) is 2.64. The Balaban J connectivity index is 2.67. The minimum Gasteiger partial charge on any atom is -0.306 e. The summed E-state index contributed by atoms with van der Waals surface area (Å²) in [6, 6.07) is 0.340. The monoisotopic (exact) mass is 210 g/mol. The summed E-state index contributed by atoms with van der Waals surface area (Å²) >= 11 is 1.71. The van der Waals surface area contributed by atoms with Gasteiger partial charge in [0.15, 0.2) is 0 Å². The molecule has 0 radical (unpaired) electrons. The molecule has 1 unspecified atom stereocenters. The number of nitrogens with zero attached hydrogens (tertiary/aromatic N) is 1. The summed E-state index contributed by atoms with van der Waals surface area (Å²) in [6.45, 7) is 7.48. The molecule has 0 amide bonds. The van der Waals surface area contributed by atoms with Crippen LogP contribution >= 0.6 is 11.3 Å². The van der Waals surface area contributed by atoms with Crippen LogP contribution in [-0.4, -0.2) is 11.5 Å². The molecule has 0 saturated carbocycles. The van der Waals surface area contributed by atoms with Crippen LogP contribution in [0.4, 0.5) is 0 Å². The molecular formula is C11H18N2S.